The van der Waals surface area contributed by atoms with Crippen LogP contribution in [-0.4, -0.2) is 36.7 Å². The van der Waals surface area contributed by atoms with Crippen molar-refractivity contribution in [3.8, 4) is 39.8 Å². The molecule has 0 radical (unpaired) electrons. The van der Waals surface area contributed by atoms with E-state index in [0.717, 1.165) is 39.1 Å². The Hall–Kier alpha value is -3.80. The normalized spacial score (nSPS) is 12.8. The fraction of sp³-hybridized carbons (Fsp3) is 0.200. The third-order valence-corrected chi connectivity index (χ3v) is 5.77. The molecule has 3 aromatic carbocycles. The molecular formula is C25H22N2O4. The Morgan fingerprint density at radius 3 is 2.16 bits per heavy atom. The minimum atomic E-state index is 0.183. The second-order valence-corrected chi connectivity index (χ2v) is 7.42. The molecule has 0 unspecified atom stereocenters. The van der Waals surface area contributed by atoms with Crippen molar-refractivity contribution in [3.05, 3.63) is 60.2 Å². The van der Waals surface area contributed by atoms with E-state index in [9.17, 15) is 4.79 Å². The molecule has 5 rings (SSSR count). The molecule has 0 bridgehead atoms. The van der Waals surface area contributed by atoms with Crippen LogP contribution in [0.4, 0.5) is 0 Å². The Morgan fingerprint density at radius 2 is 1.52 bits per heavy atom. The molecule has 0 spiro atoms. The van der Waals surface area contributed by atoms with E-state index in [-0.39, 0.29) is 5.78 Å². The Morgan fingerprint density at radius 1 is 0.839 bits per heavy atom. The first-order chi connectivity index (χ1) is 15.1. The molecule has 2 heterocycles. The number of nitrogens with zero attached hydrogens (tertiary/aromatic N) is 2. The van der Waals surface area contributed by atoms with Crippen molar-refractivity contribution in [2.45, 2.75) is 13.0 Å². The summed E-state index contributed by atoms with van der Waals surface area (Å²) >= 11 is 0. The fourth-order valence-corrected chi connectivity index (χ4v) is 4.26. The Labute approximate surface area is 180 Å². The predicted molar refractivity (Wildman–Crippen MR) is 119 cm³/mol. The molecule has 0 saturated heterocycles. The van der Waals surface area contributed by atoms with Gasteiger partial charge in [0.1, 0.15) is 5.82 Å². The standard InChI is InChI=1S/C25H22N2O4/c1-29-21-13-17(14-22(30-2)24(21)31-3)15-7-9-16(10-8-15)25-26-19-6-4-5-18-20(28)11-12-27(25)23(18)19/h4-10,13-14H,11-12H2,1-3H3. The van der Waals surface area contributed by atoms with E-state index >= 15 is 0 Å². The monoisotopic (exact) mass is 414 g/mol. The number of hydrogen-bond donors (Lipinski definition) is 0. The highest BCUT2D eigenvalue weighted by Gasteiger charge is 2.23. The van der Waals surface area contributed by atoms with Crippen LogP contribution in [0.2, 0.25) is 0 Å². The third-order valence-electron chi connectivity index (χ3n) is 5.77. The third kappa shape index (κ3) is 3.03. The first kappa shape index (κ1) is 19.2. The number of ether oxygens (including phenoxy) is 3. The molecule has 0 fully saturated rings. The molecule has 1 aromatic heterocycles. The van der Waals surface area contributed by atoms with Crippen molar-refractivity contribution in [3.63, 3.8) is 0 Å². The largest absolute Gasteiger partial charge is 0.493 e. The van der Waals surface area contributed by atoms with Gasteiger partial charge in [-0.15, -0.1) is 0 Å². The van der Waals surface area contributed by atoms with E-state index in [0.29, 0.717) is 30.2 Å². The fourth-order valence-electron chi connectivity index (χ4n) is 4.26. The number of aromatic nitrogens is 2. The van der Waals surface area contributed by atoms with Gasteiger partial charge in [0.05, 0.1) is 32.4 Å². The number of rotatable bonds is 5. The van der Waals surface area contributed by atoms with Crippen molar-refractivity contribution >= 4 is 16.8 Å². The van der Waals surface area contributed by atoms with Crippen LogP contribution >= 0.6 is 0 Å². The zero-order chi connectivity index (χ0) is 21.5. The molecule has 0 aliphatic carbocycles. The second kappa shape index (κ2) is 7.47. The van der Waals surface area contributed by atoms with Crippen molar-refractivity contribution in [1.29, 1.82) is 0 Å². The lowest BCUT2D eigenvalue weighted by Gasteiger charge is -2.16. The molecule has 4 aromatic rings. The van der Waals surface area contributed by atoms with Crippen molar-refractivity contribution in [2.75, 3.05) is 21.3 Å². The van der Waals surface area contributed by atoms with E-state index in [2.05, 4.69) is 28.8 Å². The van der Waals surface area contributed by atoms with Gasteiger partial charge >= 0.3 is 0 Å². The Kier molecular flexibility index (Phi) is 4.62. The molecule has 6 heteroatoms. The summed E-state index contributed by atoms with van der Waals surface area (Å²) in [6, 6.07) is 17.8. The predicted octanol–water partition coefficient (Wildman–Crippen LogP) is 4.98. The van der Waals surface area contributed by atoms with Crippen LogP contribution in [0.3, 0.4) is 0 Å². The van der Waals surface area contributed by atoms with Gasteiger partial charge in [0, 0.05) is 24.1 Å². The number of imidazole rings is 1. The van der Waals surface area contributed by atoms with Gasteiger partial charge in [-0.05, 0) is 35.4 Å². The van der Waals surface area contributed by atoms with Gasteiger partial charge in [-0.2, -0.15) is 0 Å². The van der Waals surface area contributed by atoms with Gasteiger partial charge in [0.25, 0.3) is 0 Å². The maximum atomic E-state index is 12.3. The number of carbonyl (C=O) groups excluding carboxylic acids is 1. The Bertz CT molecular complexity index is 1280. The molecule has 0 atom stereocenters. The van der Waals surface area contributed by atoms with Gasteiger partial charge in [-0.1, -0.05) is 30.3 Å². The van der Waals surface area contributed by atoms with Gasteiger partial charge in [-0.25, -0.2) is 4.98 Å². The molecule has 31 heavy (non-hydrogen) atoms. The summed E-state index contributed by atoms with van der Waals surface area (Å²) in [6.07, 6.45) is 0.499. The smallest absolute Gasteiger partial charge is 0.203 e. The summed E-state index contributed by atoms with van der Waals surface area (Å²) in [5.74, 6) is 2.86. The zero-order valence-corrected chi connectivity index (χ0v) is 17.6. The molecule has 1 aliphatic heterocycles. The number of benzene rings is 3. The minimum absolute atomic E-state index is 0.183. The van der Waals surface area contributed by atoms with Crippen molar-refractivity contribution in [2.24, 2.45) is 0 Å². The highest BCUT2D eigenvalue weighted by Crippen LogP contribution is 2.41. The summed E-state index contributed by atoms with van der Waals surface area (Å²) in [7, 11) is 4.81. The van der Waals surface area contributed by atoms with Gasteiger partial charge in [0.15, 0.2) is 17.3 Å². The van der Waals surface area contributed by atoms with E-state index in [4.69, 9.17) is 19.2 Å². The van der Waals surface area contributed by atoms with Crippen molar-refractivity contribution in [1.82, 2.24) is 9.55 Å². The number of methoxy groups -OCH3 is 3. The first-order valence-corrected chi connectivity index (χ1v) is 10.1. The lowest BCUT2D eigenvalue weighted by Crippen LogP contribution is -2.14. The van der Waals surface area contributed by atoms with Crippen molar-refractivity contribution < 1.29 is 19.0 Å². The van der Waals surface area contributed by atoms with Crippen LogP contribution < -0.4 is 14.2 Å². The highest BCUT2D eigenvalue weighted by atomic mass is 16.5. The average molecular weight is 414 g/mol. The lowest BCUT2D eigenvalue weighted by molar-refractivity contribution is 0.0973. The first-order valence-electron chi connectivity index (χ1n) is 10.1. The van der Waals surface area contributed by atoms with Gasteiger partial charge in [0.2, 0.25) is 5.75 Å². The van der Waals surface area contributed by atoms with Gasteiger partial charge in [-0.3, -0.25) is 4.79 Å². The maximum absolute atomic E-state index is 12.3. The Balaban J connectivity index is 1.57. The minimum Gasteiger partial charge on any atom is -0.493 e. The number of para-hydroxylation sites is 1. The lowest BCUT2D eigenvalue weighted by atomic mass is 10.0. The van der Waals surface area contributed by atoms with E-state index < -0.39 is 0 Å². The summed E-state index contributed by atoms with van der Waals surface area (Å²) in [5, 5.41) is 0. The van der Waals surface area contributed by atoms with Crippen LogP contribution in [0.15, 0.2) is 54.6 Å². The molecular weight excluding hydrogens is 392 g/mol. The molecule has 0 amide bonds. The van der Waals surface area contributed by atoms with E-state index in [1.165, 1.54) is 0 Å². The number of aryl methyl sites for hydroxylation is 1. The number of ketones is 1. The zero-order valence-electron chi connectivity index (χ0n) is 17.6. The number of hydrogen-bond acceptors (Lipinski definition) is 5. The number of Topliss-reactive ketones (excluding diaryl/α,β-unsaturated/α-hetero) is 1. The van der Waals surface area contributed by atoms with Crippen LogP contribution in [0.5, 0.6) is 17.2 Å². The molecule has 6 nitrogen and oxygen atoms in total. The number of carbonyl (C=O) groups is 1. The maximum Gasteiger partial charge on any atom is 0.203 e. The van der Waals surface area contributed by atoms with Crippen LogP contribution in [-0.2, 0) is 6.54 Å². The van der Waals surface area contributed by atoms with E-state index in [1.807, 2.05) is 30.3 Å². The van der Waals surface area contributed by atoms with Crippen LogP contribution in [0.1, 0.15) is 16.8 Å². The molecule has 1 aliphatic rings. The van der Waals surface area contributed by atoms with Gasteiger partial charge < -0.3 is 18.8 Å². The summed E-state index contributed by atoms with van der Waals surface area (Å²) < 4.78 is 18.5. The molecule has 0 N–H and O–H groups in total. The summed E-state index contributed by atoms with van der Waals surface area (Å²) in [6.45, 7) is 0.649. The second-order valence-electron chi connectivity index (χ2n) is 7.42. The summed E-state index contributed by atoms with van der Waals surface area (Å²) in [5.41, 5.74) is 5.54. The molecule has 0 saturated carbocycles. The SMILES string of the molecule is COc1cc(-c2ccc(-c3nc4cccc5c4n3CCC5=O)cc2)cc(OC)c1OC. The molecule has 156 valence electrons. The van der Waals surface area contributed by atoms with Crippen LogP contribution in [0.25, 0.3) is 33.5 Å². The highest BCUT2D eigenvalue weighted by molar-refractivity contribution is 6.08. The average Bonchev–Trinajstić information content (AvgIpc) is 3.20. The van der Waals surface area contributed by atoms with E-state index in [1.54, 1.807) is 21.3 Å². The van der Waals surface area contributed by atoms with Crippen LogP contribution in [0, 0.1) is 0 Å². The quantitative estimate of drug-likeness (QED) is 0.461. The summed E-state index contributed by atoms with van der Waals surface area (Å²) in [4.78, 5) is 17.1. The topological polar surface area (TPSA) is 62.6 Å².